The molecule has 0 spiro atoms. The summed E-state index contributed by atoms with van der Waals surface area (Å²) >= 11 is 0. The zero-order valence-corrected chi connectivity index (χ0v) is 14.3. The van der Waals surface area contributed by atoms with Crippen LogP contribution in [0.25, 0.3) is 0 Å². The molecule has 2 aromatic rings. The second kappa shape index (κ2) is 6.53. The van der Waals surface area contributed by atoms with Gasteiger partial charge in [0.15, 0.2) is 17.1 Å². The van der Waals surface area contributed by atoms with Gasteiger partial charge in [-0.3, -0.25) is 0 Å². The minimum atomic E-state index is -0.653. The monoisotopic (exact) mass is 347 g/mol. The van der Waals surface area contributed by atoms with E-state index in [9.17, 15) is 0 Å². The molecular weight excluding hydrogens is 326 g/mol. The average molecular weight is 347 g/mol. The van der Waals surface area contributed by atoms with E-state index in [4.69, 9.17) is 23.4 Å². The fourth-order valence-electron chi connectivity index (χ4n) is 3.02. The molecule has 134 valence electrons. The van der Waals surface area contributed by atoms with Crippen molar-refractivity contribution in [3.8, 4) is 11.5 Å². The molecule has 1 atom stereocenters. The number of hydrogen-bond acceptors (Lipinski definition) is 8. The molecule has 0 saturated carbocycles. The van der Waals surface area contributed by atoms with Gasteiger partial charge in [0.25, 0.3) is 5.89 Å². The molecule has 1 fully saturated rings. The Bertz CT molecular complexity index is 740. The molecule has 1 aromatic heterocycles. The number of fused-ring (bicyclic) bond motifs is 1. The minimum Gasteiger partial charge on any atom is -0.454 e. The van der Waals surface area contributed by atoms with Crippen LogP contribution in [-0.4, -0.2) is 36.3 Å². The van der Waals surface area contributed by atoms with Crippen LogP contribution in [0.15, 0.2) is 22.6 Å². The fourth-order valence-corrected chi connectivity index (χ4v) is 3.02. The smallest absolute Gasteiger partial charge is 0.315 e. The van der Waals surface area contributed by atoms with Crippen molar-refractivity contribution in [1.29, 1.82) is 0 Å². The van der Waals surface area contributed by atoms with Gasteiger partial charge in [0, 0.05) is 13.0 Å². The second-order valence-electron chi connectivity index (χ2n) is 6.42. The zero-order valence-electron chi connectivity index (χ0n) is 14.3. The summed E-state index contributed by atoms with van der Waals surface area (Å²) in [6.45, 7) is 5.81. The molecule has 25 heavy (non-hydrogen) atoms. The largest absolute Gasteiger partial charge is 0.454 e. The molecule has 8 heteroatoms. The van der Waals surface area contributed by atoms with Crippen molar-refractivity contribution in [3.05, 3.63) is 29.7 Å². The van der Waals surface area contributed by atoms with Crippen molar-refractivity contribution >= 4 is 6.01 Å². The Kier molecular flexibility index (Phi) is 4.22. The number of nitrogens with one attached hydrogen (secondary N) is 1. The van der Waals surface area contributed by atoms with Crippen LogP contribution in [0.4, 0.5) is 6.01 Å². The lowest BCUT2D eigenvalue weighted by Crippen LogP contribution is -2.33. The highest BCUT2D eigenvalue weighted by Gasteiger charge is 2.44. The van der Waals surface area contributed by atoms with Crippen LogP contribution in [-0.2, 0) is 21.6 Å². The van der Waals surface area contributed by atoms with Crippen LogP contribution in [0, 0.1) is 0 Å². The molecule has 1 unspecified atom stereocenters. The molecule has 8 nitrogen and oxygen atoms in total. The first-order chi connectivity index (χ1) is 12.1. The summed E-state index contributed by atoms with van der Waals surface area (Å²) in [6.07, 6.45) is 0.744. The number of aromatic nitrogens is 2. The molecule has 2 aliphatic heterocycles. The third-order valence-corrected chi connectivity index (χ3v) is 4.14. The Hall–Kier alpha value is -2.32. The fraction of sp³-hybridized carbons (Fsp3) is 0.529. The highest BCUT2D eigenvalue weighted by atomic mass is 16.7. The number of nitrogens with zero attached hydrogens (tertiary/aromatic N) is 2. The first kappa shape index (κ1) is 16.2. The summed E-state index contributed by atoms with van der Waals surface area (Å²) in [5.41, 5.74) is 0.376. The van der Waals surface area contributed by atoms with E-state index in [1.807, 2.05) is 32.0 Å². The van der Waals surface area contributed by atoms with Crippen LogP contribution in [0.1, 0.15) is 31.7 Å². The van der Waals surface area contributed by atoms with Gasteiger partial charge in [0.05, 0.1) is 19.3 Å². The standard InChI is InChI=1S/C17H21N3O5/c1-11(2)25-17(5-6-21-9-17)15-19-20-16(24-15)18-8-12-3-4-13-14(7-12)23-10-22-13/h3-4,7,11H,5-6,8-10H2,1-2H3,(H,18,20). The highest BCUT2D eigenvalue weighted by Crippen LogP contribution is 2.36. The molecule has 4 rings (SSSR count). The number of benzene rings is 1. The molecule has 0 radical (unpaired) electrons. The molecule has 3 heterocycles. The van der Waals surface area contributed by atoms with Crippen molar-refractivity contribution in [1.82, 2.24) is 10.2 Å². The maximum absolute atomic E-state index is 6.03. The van der Waals surface area contributed by atoms with E-state index in [-0.39, 0.29) is 12.9 Å². The quantitative estimate of drug-likeness (QED) is 0.852. The first-order valence-corrected chi connectivity index (χ1v) is 8.37. The van der Waals surface area contributed by atoms with Crippen LogP contribution >= 0.6 is 0 Å². The maximum Gasteiger partial charge on any atom is 0.315 e. The van der Waals surface area contributed by atoms with E-state index < -0.39 is 5.60 Å². The number of anilines is 1. The Labute approximate surface area is 145 Å². The van der Waals surface area contributed by atoms with E-state index >= 15 is 0 Å². The summed E-state index contributed by atoms with van der Waals surface area (Å²) < 4.78 is 28.0. The average Bonchev–Trinajstić information content (AvgIpc) is 3.32. The van der Waals surface area contributed by atoms with Gasteiger partial charge < -0.3 is 28.7 Å². The second-order valence-corrected chi connectivity index (χ2v) is 6.42. The van der Waals surface area contributed by atoms with Gasteiger partial charge in [0.2, 0.25) is 6.79 Å². The molecule has 1 aromatic carbocycles. The molecule has 0 bridgehead atoms. The van der Waals surface area contributed by atoms with Crippen molar-refractivity contribution in [2.24, 2.45) is 0 Å². The normalized spacial score (nSPS) is 21.9. The van der Waals surface area contributed by atoms with Gasteiger partial charge in [-0.15, -0.1) is 5.10 Å². The highest BCUT2D eigenvalue weighted by molar-refractivity contribution is 5.45. The van der Waals surface area contributed by atoms with E-state index in [1.165, 1.54) is 0 Å². The van der Waals surface area contributed by atoms with Crippen molar-refractivity contribution < 1.29 is 23.4 Å². The lowest BCUT2D eigenvalue weighted by Gasteiger charge is -2.26. The summed E-state index contributed by atoms with van der Waals surface area (Å²) in [5.74, 6) is 1.96. The third-order valence-electron chi connectivity index (χ3n) is 4.14. The Morgan fingerprint density at radius 3 is 2.92 bits per heavy atom. The minimum absolute atomic E-state index is 0.0404. The zero-order chi connectivity index (χ0) is 17.3. The Morgan fingerprint density at radius 2 is 2.12 bits per heavy atom. The molecule has 2 aliphatic rings. The van der Waals surface area contributed by atoms with Crippen LogP contribution in [0.5, 0.6) is 11.5 Å². The lowest BCUT2D eigenvalue weighted by atomic mass is 10.0. The number of ether oxygens (including phenoxy) is 4. The number of rotatable bonds is 6. The molecule has 1 N–H and O–H groups in total. The van der Waals surface area contributed by atoms with Gasteiger partial charge >= 0.3 is 6.01 Å². The lowest BCUT2D eigenvalue weighted by molar-refractivity contribution is -0.102. The van der Waals surface area contributed by atoms with E-state index in [1.54, 1.807) is 0 Å². The van der Waals surface area contributed by atoms with Crippen LogP contribution in [0.3, 0.4) is 0 Å². The molecule has 1 saturated heterocycles. The van der Waals surface area contributed by atoms with Crippen molar-refractivity contribution in [2.45, 2.75) is 38.5 Å². The van der Waals surface area contributed by atoms with E-state index in [2.05, 4.69) is 15.5 Å². The van der Waals surface area contributed by atoms with Gasteiger partial charge in [0.1, 0.15) is 0 Å². The summed E-state index contributed by atoms with van der Waals surface area (Å²) in [6, 6.07) is 6.14. The van der Waals surface area contributed by atoms with Gasteiger partial charge in [-0.25, -0.2) is 0 Å². The SMILES string of the molecule is CC(C)OC1(c2nnc(NCc3ccc4c(c3)OCO4)o2)CCOC1. The Balaban J connectivity index is 1.44. The number of hydrogen-bond donors (Lipinski definition) is 1. The van der Waals surface area contributed by atoms with Crippen LogP contribution < -0.4 is 14.8 Å². The predicted octanol–water partition coefficient (Wildman–Crippen LogP) is 2.45. The van der Waals surface area contributed by atoms with Gasteiger partial charge in [-0.1, -0.05) is 11.2 Å². The predicted molar refractivity (Wildman–Crippen MR) is 87.5 cm³/mol. The third kappa shape index (κ3) is 3.27. The summed E-state index contributed by atoms with van der Waals surface area (Å²) in [5, 5.41) is 11.4. The van der Waals surface area contributed by atoms with Gasteiger partial charge in [-0.05, 0) is 31.5 Å². The van der Waals surface area contributed by atoms with Crippen molar-refractivity contribution in [2.75, 3.05) is 25.3 Å². The molecule has 0 amide bonds. The topological polar surface area (TPSA) is 87.9 Å². The van der Waals surface area contributed by atoms with Crippen LogP contribution in [0.2, 0.25) is 0 Å². The van der Waals surface area contributed by atoms with Crippen molar-refractivity contribution in [3.63, 3.8) is 0 Å². The molecule has 0 aliphatic carbocycles. The van der Waals surface area contributed by atoms with E-state index in [0.717, 1.165) is 17.1 Å². The van der Waals surface area contributed by atoms with Gasteiger partial charge in [-0.2, -0.15) is 0 Å². The maximum atomic E-state index is 6.03. The summed E-state index contributed by atoms with van der Waals surface area (Å²) in [7, 11) is 0. The van der Waals surface area contributed by atoms with E-state index in [0.29, 0.717) is 38.1 Å². The summed E-state index contributed by atoms with van der Waals surface area (Å²) in [4.78, 5) is 0. The first-order valence-electron chi connectivity index (χ1n) is 8.37. The molecular formula is C17H21N3O5. The Morgan fingerprint density at radius 1 is 1.24 bits per heavy atom.